The third-order valence-corrected chi connectivity index (χ3v) is 37.8. The minimum atomic E-state index is -3.84. The maximum absolute atomic E-state index is 13.7. The van der Waals surface area contributed by atoms with Crippen molar-refractivity contribution in [2.45, 2.75) is 150 Å². The number of fused-ring (bicyclic) bond motifs is 4. The molecule has 0 bridgehead atoms. The Hall–Kier alpha value is -6.82. The predicted molar refractivity (Wildman–Crippen MR) is 557 cm³/mol. The van der Waals surface area contributed by atoms with Crippen LogP contribution in [0.3, 0.4) is 0 Å². The van der Waals surface area contributed by atoms with Gasteiger partial charge in [-0.15, -0.1) is 0 Å². The second kappa shape index (κ2) is 47.2. The smallest absolute Gasteiger partial charge is 0.379 e. The minimum Gasteiger partial charge on any atom is -0.424 e. The molecule has 772 valence electrons. The second-order valence-electron chi connectivity index (χ2n) is 33.2. The van der Waals surface area contributed by atoms with Crippen molar-refractivity contribution < 1.29 is 115 Å². The van der Waals surface area contributed by atoms with E-state index in [1.54, 1.807) is 155 Å². The van der Waals surface area contributed by atoms with Gasteiger partial charge in [0, 0.05) is 42.4 Å². The third-order valence-electron chi connectivity index (χ3n) is 23.1. The number of aromatic nitrogens is 16. The Morgan fingerprint density at radius 1 is 0.385 bits per heavy atom. The number of rotatable bonds is 31. The summed E-state index contributed by atoms with van der Waals surface area (Å²) in [5.41, 5.74) is 24.9. The number of nitrogens with zero attached hydrogens (tertiary/aromatic N) is 15. The maximum atomic E-state index is 13.7. The highest BCUT2D eigenvalue weighted by atomic mass is 79.9. The lowest BCUT2D eigenvalue weighted by Gasteiger charge is -2.25. The molecule has 5 aliphatic rings. The minimum absolute atomic E-state index is 0.115. The molecule has 3 unspecified atom stereocenters. The van der Waals surface area contributed by atoms with Gasteiger partial charge in [0.1, 0.15) is 155 Å². The van der Waals surface area contributed by atoms with Gasteiger partial charge in [-0.1, -0.05) is 235 Å². The summed E-state index contributed by atoms with van der Waals surface area (Å²) in [6, 6.07) is 30.2. The van der Waals surface area contributed by atoms with Gasteiger partial charge in [-0.25, -0.2) is 68.3 Å². The number of hydrogen-bond donors (Lipinski definition) is 12. The van der Waals surface area contributed by atoms with E-state index in [4.69, 9.17) is 73.8 Å². The maximum Gasteiger partial charge on any atom is 0.379 e. The van der Waals surface area contributed by atoms with Crippen LogP contribution in [0.1, 0.15) is 72.7 Å². The van der Waals surface area contributed by atoms with Crippen molar-refractivity contribution in [3.05, 3.63) is 187 Å². The zero-order valence-electron chi connectivity index (χ0n) is 75.7. The summed E-state index contributed by atoms with van der Waals surface area (Å²) in [6.07, 6.45) is -0.928. The number of aliphatic hydroxyl groups excluding tert-OH is 7. The average Bonchev–Trinajstić information content (AvgIpc) is 1.60. The normalized spacial score (nSPS) is 25.7. The summed E-state index contributed by atoms with van der Waals surface area (Å²) in [6.45, 7) is 7.70. The number of nitrogens with two attached hydrogens (primary N) is 4. The first-order chi connectivity index (χ1) is 67.4. The van der Waals surface area contributed by atoms with Crippen LogP contribution in [0, 0.1) is 17.8 Å². The molecule has 0 radical (unpaired) electrons. The number of imidazole rings is 2. The van der Waals surface area contributed by atoms with Crippen molar-refractivity contribution in [3.8, 4) is 17.2 Å². The number of carbonyl (C=O) groups is 3. The molecule has 143 heavy (non-hydrogen) atoms. The molecule has 59 heteroatoms. The number of carbonyl (C=O) groups excluding carboxylic acids is 3. The first kappa shape index (κ1) is 113. The zero-order chi connectivity index (χ0) is 104. The summed E-state index contributed by atoms with van der Waals surface area (Å²) < 4.78 is 107. The van der Waals surface area contributed by atoms with Crippen molar-refractivity contribution in [2.24, 2.45) is 17.8 Å². The fourth-order valence-corrected chi connectivity index (χ4v) is 27.0. The van der Waals surface area contributed by atoms with E-state index in [0.717, 1.165) is 10.6 Å². The number of H-pyrrole nitrogens is 1. The lowest BCUT2D eigenvalue weighted by atomic mass is 10.1. The number of hydrogen-bond acceptors (Lipinski definition) is 40. The van der Waals surface area contributed by atoms with E-state index in [2.05, 4.69) is 214 Å². The quantitative estimate of drug-likeness (QED) is 0.0142. The van der Waals surface area contributed by atoms with Crippen LogP contribution >= 0.6 is 182 Å². The van der Waals surface area contributed by atoms with Gasteiger partial charge in [0.05, 0.1) is 74.9 Å². The van der Waals surface area contributed by atoms with Gasteiger partial charge >= 0.3 is 28.5 Å². The number of alkyl halides is 10. The molecular weight excluding hydrogens is 2600 g/mol. The number of para-hydroxylation sites is 3. The van der Waals surface area contributed by atoms with Crippen molar-refractivity contribution >= 4 is 267 Å². The SMILES string of the molecule is CC(=O)[C@H](C)CP(=O)(OC[C@H]1O[C@@H](n2ccc(=O)[nH]c2=O)C(Br)(Br)[C@H]1O)Oc1ccccc1.CC(=O)[C@H](C)CP(=O)(OC[C@H]1O[C@@H](n2ccc3c(N)ncnc32)C(Br)(Br)[C@H]1O)Oc1ccccc1.CC(=O)[C@H](C)CP(=O)(OC[C@H]1O[C@@H](n2cnc3c(N)ncnc32)C(Br)(Br)[C@H]1O)Oc1ccccc1.Nc1ncnc2c1ccn2[C@@H]1O[C@H](CO)[C@H](O)C1(Br)Br.Nc1ncnc2c1ncn2[C@@H]1O[C@H](CO)[C@H](O)C1(Br)Br. The molecule has 5 aliphatic heterocycles. The average molecular weight is 2690 g/mol. The van der Waals surface area contributed by atoms with Gasteiger partial charge in [0.2, 0.25) is 0 Å². The van der Waals surface area contributed by atoms with E-state index < -0.39 is 160 Å². The van der Waals surface area contributed by atoms with Crippen LogP contribution in [-0.2, 0) is 65.3 Å². The number of halogens is 10. The molecule has 12 aromatic rings. The van der Waals surface area contributed by atoms with E-state index in [-0.39, 0.29) is 80.5 Å². The lowest BCUT2D eigenvalue weighted by molar-refractivity contribution is -0.120. The number of ether oxygens (including phenoxy) is 5. The molecule has 5 saturated heterocycles. The highest BCUT2D eigenvalue weighted by Gasteiger charge is 2.60. The standard InChI is InChI=1S/C22H25Br2N4O6P.C21H24Br2N5O6P.C20H23Br2N2O8P.C11H12Br2N4O3.C10H11Br2N5O3/c1-13(14(2)29)11-35(31,34-15-6-4-3-5-7-15)32-10-17-18(30)22(23,24)21(33-17)28-9-8-16-19(25)26-12-27-20(16)28;1-12(13(2)29)9-35(31,34-14-6-4-3-5-7-14)32-8-15-17(30)21(22,23)20(33-15)28-11-27-16-18(24)25-10-26-19(16)28;1-12(13(2)25)11-33(29,32-14-6-4-3-5-7-14)30-10-15-17(27)20(21,22)18(31-15)24-9-8-16(26)23-19(24)28;12-11(13)7(19)6(3-18)20-10(11)17-2-1-5-8(14)15-4-16-9(5)17;11-10(12)6(19)4(1-18)20-9(10)17-3-16-5-7(13)14-2-15-8(5)17/h3-9,12-13,17-18,21,30H,10-11H2,1-2H3,(H2,25,26,27);3-7,10-12,15,17,20,30H,8-9H2,1-2H3,(H2,24,25,26);3-9,12,15,17-18,27H,10-11H2,1-2H3,(H,23,26,28);1-2,4,6-7,10,18-19H,3H2,(H2,14,15,16);2-4,6,9,18-19H,1H2,(H2,13,14,15)/t13-,17-,18+,21-,35?;12-,15-,17+,20-,35?;12-,15-,17+,18-,33?;6-,7+,10-;4-,6+,9-/m11111/s1. The molecule has 5 fully saturated rings. The van der Waals surface area contributed by atoms with Crippen molar-refractivity contribution in [3.63, 3.8) is 0 Å². The molecular formula is C84H95Br10N20O26P3. The number of aromatic amines is 1. The second-order valence-corrected chi connectivity index (χ2v) is 57.8. The van der Waals surface area contributed by atoms with E-state index in [0.29, 0.717) is 73.3 Å². The third kappa shape index (κ3) is 25.6. The van der Waals surface area contributed by atoms with Crippen LogP contribution in [0.4, 0.5) is 23.3 Å². The van der Waals surface area contributed by atoms with Crippen molar-refractivity contribution in [1.82, 2.24) is 77.7 Å². The molecule has 16 N–H and O–H groups in total. The summed E-state index contributed by atoms with van der Waals surface area (Å²) in [5, 5.41) is 72.9. The van der Waals surface area contributed by atoms with Gasteiger partial charge in [-0.05, 0) is 69.3 Å². The van der Waals surface area contributed by atoms with Gasteiger partial charge in [0.15, 0.2) is 70.2 Å². The fourth-order valence-electron chi connectivity index (χ4n) is 14.8. The van der Waals surface area contributed by atoms with Gasteiger partial charge in [-0.3, -0.25) is 51.4 Å². The first-order valence-corrected chi connectivity index (χ1v) is 56.1. The Morgan fingerprint density at radius 3 is 0.937 bits per heavy atom. The van der Waals surface area contributed by atoms with Crippen LogP contribution < -0.4 is 47.8 Å². The summed E-state index contributed by atoms with van der Waals surface area (Å²) in [7, 11) is -11.4. The van der Waals surface area contributed by atoms with Crippen molar-refractivity contribution in [2.75, 3.05) is 74.5 Å². The van der Waals surface area contributed by atoms with E-state index >= 15 is 0 Å². The van der Waals surface area contributed by atoms with Crippen LogP contribution in [0.5, 0.6) is 17.2 Å². The molecule has 14 heterocycles. The number of anilines is 4. The summed E-state index contributed by atoms with van der Waals surface area (Å²) >= 11 is 34.3. The van der Waals surface area contributed by atoms with Crippen LogP contribution in [0.15, 0.2) is 175 Å². The van der Waals surface area contributed by atoms with E-state index in [9.17, 15) is 73.4 Å². The largest absolute Gasteiger partial charge is 0.424 e. The number of nitrogen functional groups attached to an aromatic ring is 4. The first-order valence-electron chi connectivity index (χ1n) is 42.9. The summed E-state index contributed by atoms with van der Waals surface area (Å²) in [4.78, 5) is 102. The summed E-state index contributed by atoms with van der Waals surface area (Å²) in [5.74, 6) is 0.0194. The van der Waals surface area contributed by atoms with Gasteiger partial charge < -0.3 is 105 Å². The Labute approximate surface area is 897 Å². The number of Topliss-reactive ketones (excluding diaryl/α,β-unsaturated/α-hetero) is 3. The van der Waals surface area contributed by atoms with Crippen molar-refractivity contribution in [1.29, 1.82) is 0 Å². The molecule has 0 aliphatic carbocycles. The molecule has 21 atom stereocenters. The number of ketones is 3. The van der Waals surface area contributed by atoms with Crippen LogP contribution in [0.2, 0.25) is 0 Å². The molecule has 3 aromatic carbocycles. The van der Waals surface area contributed by atoms with E-state index in [1.807, 2.05) is 0 Å². The topological polar surface area (TPSA) is 653 Å². The number of benzene rings is 3. The van der Waals surface area contributed by atoms with Crippen LogP contribution in [0.25, 0.3) is 44.4 Å². The van der Waals surface area contributed by atoms with Crippen LogP contribution in [-0.4, -0.2) is 259 Å². The monoisotopic (exact) mass is 2680 g/mol. The molecule has 0 amide bonds. The predicted octanol–water partition coefficient (Wildman–Crippen LogP) is 11.6. The molecule has 46 nitrogen and oxygen atoms in total. The molecule has 17 rings (SSSR count). The van der Waals surface area contributed by atoms with Gasteiger partial charge in [0.25, 0.3) is 5.56 Å². The van der Waals surface area contributed by atoms with Gasteiger partial charge in [-0.2, -0.15) is 0 Å². The Kier molecular flexibility index (Phi) is 37.4. The highest BCUT2D eigenvalue weighted by molar-refractivity contribution is 9.26. The Balaban J connectivity index is 0.000000153. The zero-order valence-corrected chi connectivity index (χ0v) is 94.2. The Morgan fingerprint density at radius 2 is 0.650 bits per heavy atom. The molecule has 0 saturated carbocycles. The highest BCUT2D eigenvalue weighted by Crippen LogP contribution is 2.59. The number of nitrogens with one attached hydrogen (secondary N) is 1. The lowest BCUT2D eigenvalue weighted by Crippen LogP contribution is -2.40. The number of aliphatic hydroxyl groups is 7. The molecule has 0 spiro atoms. The fraction of sp³-hybridized carbons (Fsp3) is 0.440. The molecule has 9 aromatic heterocycles. The van der Waals surface area contributed by atoms with E-state index in [1.165, 1.54) is 64.9 Å². The Bertz CT molecular complexity index is 6470.